The molecule has 0 aliphatic heterocycles. The van der Waals surface area contributed by atoms with Crippen LogP contribution in [0, 0.1) is 0 Å². The maximum Gasteiger partial charge on any atom is 0.153 e. The molecule has 0 bridgehead atoms. The highest BCUT2D eigenvalue weighted by molar-refractivity contribution is 5.02. The highest BCUT2D eigenvalue weighted by atomic mass is 15.2. The molecule has 1 aliphatic carbocycles. The number of hydrogen-bond acceptors (Lipinski definition) is 3. The van der Waals surface area contributed by atoms with Crippen molar-refractivity contribution in [3.05, 3.63) is 11.6 Å². The molecule has 4 heteroatoms. The summed E-state index contributed by atoms with van der Waals surface area (Å²) in [5, 5.41) is 7.16. The van der Waals surface area contributed by atoms with Gasteiger partial charge in [-0.15, -0.1) is 0 Å². The fourth-order valence-corrected chi connectivity index (χ4v) is 1.90. The standard InChI is InChI=1S/C9H16N4/c1-2-8-11-9(13-12-8)6-3-4-7(10)5-6/h6-7H,2-5,10H2,1H3,(H,11,12,13)/t6-,7+/m1/s1. The molecule has 1 fully saturated rings. The molecule has 0 aromatic carbocycles. The number of aromatic amines is 1. The van der Waals surface area contributed by atoms with Gasteiger partial charge in [0.15, 0.2) is 5.82 Å². The van der Waals surface area contributed by atoms with Gasteiger partial charge < -0.3 is 5.73 Å². The van der Waals surface area contributed by atoms with Crippen molar-refractivity contribution in [1.82, 2.24) is 15.2 Å². The van der Waals surface area contributed by atoms with E-state index >= 15 is 0 Å². The molecule has 4 nitrogen and oxygen atoms in total. The monoisotopic (exact) mass is 180 g/mol. The van der Waals surface area contributed by atoms with E-state index in [1.54, 1.807) is 0 Å². The second-order valence-electron chi connectivity index (χ2n) is 3.76. The normalized spacial score (nSPS) is 28.2. The molecule has 0 unspecified atom stereocenters. The van der Waals surface area contributed by atoms with Crippen molar-refractivity contribution >= 4 is 0 Å². The molecule has 1 heterocycles. The molecule has 1 aliphatic rings. The topological polar surface area (TPSA) is 67.6 Å². The number of nitrogens with zero attached hydrogens (tertiary/aromatic N) is 2. The molecule has 13 heavy (non-hydrogen) atoms. The van der Waals surface area contributed by atoms with Crippen LogP contribution in [0.15, 0.2) is 0 Å². The van der Waals surface area contributed by atoms with Crippen LogP contribution in [-0.4, -0.2) is 21.2 Å². The van der Waals surface area contributed by atoms with Crippen LogP contribution in [0.5, 0.6) is 0 Å². The zero-order valence-electron chi connectivity index (χ0n) is 7.95. The van der Waals surface area contributed by atoms with Gasteiger partial charge in [0.05, 0.1) is 0 Å². The van der Waals surface area contributed by atoms with E-state index in [2.05, 4.69) is 22.1 Å². The van der Waals surface area contributed by atoms with Crippen LogP contribution >= 0.6 is 0 Å². The lowest BCUT2D eigenvalue weighted by Gasteiger charge is -2.02. The molecule has 2 rings (SSSR count). The molecule has 1 saturated carbocycles. The van der Waals surface area contributed by atoms with Crippen molar-refractivity contribution in [3.8, 4) is 0 Å². The van der Waals surface area contributed by atoms with Gasteiger partial charge in [-0.2, -0.15) is 5.10 Å². The molecular weight excluding hydrogens is 164 g/mol. The highest BCUT2D eigenvalue weighted by Gasteiger charge is 2.25. The van der Waals surface area contributed by atoms with Crippen LogP contribution in [0.3, 0.4) is 0 Å². The van der Waals surface area contributed by atoms with E-state index in [1.807, 2.05) is 0 Å². The zero-order valence-corrected chi connectivity index (χ0v) is 7.95. The fourth-order valence-electron chi connectivity index (χ4n) is 1.90. The smallest absolute Gasteiger partial charge is 0.153 e. The SMILES string of the molecule is CCc1nc([C@@H]2CC[C@H](N)C2)n[nH]1. The summed E-state index contributed by atoms with van der Waals surface area (Å²) >= 11 is 0. The Morgan fingerprint density at radius 1 is 1.54 bits per heavy atom. The van der Waals surface area contributed by atoms with E-state index in [0.717, 1.165) is 37.3 Å². The largest absolute Gasteiger partial charge is 0.328 e. The van der Waals surface area contributed by atoms with E-state index in [-0.39, 0.29) is 0 Å². The second kappa shape index (κ2) is 3.46. The van der Waals surface area contributed by atoms with Crippen molar-refractivity contribution in [2.45, 2.75) is 44.6 Å². The minimum atomic E-state index is 0.355. The maximum atomic E-state index is 5.84. The zero-order chi connectivity index (χ0) is 9.26. The number of rotatable bonds is 2. The van der Waals surface area contributed by atoms with Gasteiger partial charge in [-0.05, 0) is 19.3 Å². The van der Waals surface area contributed by atoms with Gasteiger partial charge in [0.2, 0.25) is 0 Å². The maximum absolute atomic E-state index is 5.84. The fraction of sp³-hybridized carbons (Fsp3) is 0.778. The molecule has 2 atom stereocenters. The Labute approximate surface area is 77.9 Å². The van der Waals surface area contributed by atoms with Gasteiger partial charge in [-0.25, -0.2) is 4.98 Å². The lowest BCUT2D eigenvalue weighted by atomic mass is 10.1. The molecule has 0 amide bonds. The van der Waals surface area contributed by atoms with Crippen LogP contribution in [-0.2, 0) is 6.42 Å². The summed E-state index contributed by atoms with van der Waals surface area (Å²) in [4.78, 5) is 4.42. The molecule has 1 aromatic heterocycles. The van der Waals surface area contributed by atoms with Gasteiger partial charge in [-0.3, -0.25) is 5.10 Å². The summed E-state index contributed by atoms with van der Waals surface area (Å²) in [5.74, 6) is 2.44. The third kappa shape index (κ3) is 1.72. The highest BCUT2D eigenvalue weighted by Crippen LogP contribution is 2.31. The number of nitrogens with two attached hydrogens (primary N) is 1. The third-order valence-electron chi connectivity index (χ3n) is 2.72. The molecular formula is C9H16N4. The Morgan fingerprint density at radius 3 is 2.92 bits per heavy atom. The molecule has 3 N–H and O–H groups in total. The number of hydrogen-bond donors (Lipinski definition) is 2. The lowest BCUT2D eigenvalue weighted by molar-refractivity contribution is 0.645. The van der Waals surface area contributed by atoms with E-state index in [1.165, 1.54) is 0 Å². The Hall–Kier alpha value is -0.900. The summed E-state index contributed by atoms with van der Waals surface area (Å²) in [6, 6.07) is 0.355. The van der Waals surface area contributed by atoms with Crippen LogP contribution in [0.25, 0.3) is 0 Å². The Morgan fingerprint density at radius 2 is 2.38 bits per heavy atom. The summed E-state index contributed by atoms with van der Waals surface area (Å²) < 4.78 is 0. The summed E-state index contributed by atoms with van der Waals surface area (Å²) in [6.45, 7) is 2.07. The average molecular weight is 180 g/mol. The van der Waals surface area contributed by atoms with Gasteiger partial charge in [-0.1, -0.05) is 6.92 Å². The number of nitrogens with one attached hydrogen (secondary N) is 1. The minimum absolute atomic E-state index is 0.355. The van der Waals surface area contributed by atoms with E-state index in [0.29, 0.717) is 12.0 Å². The van der Waals surface area contributed by atoms with Gasteiger partial charge in [0.1, 0.15) is 5.82 Å². The number of H-pyrrole nitrogens is 1. The van der Waals surface area contributed by atoms with Gasteiger partial charge in [0, 0.05) is 18.4 Å². The lowest BCUT2D eigenvalue weighted by Crippen LogP contribution is -2.14. The Balaban J connectivity index is 2.08. The minimum Gasteiger partial charge on any atom is -0.328 e. The van der Waals surface area contributed by atoms with Crippen molar-refractivity contribution in [1.29, 1.82) is 0 Å². The molecule has 0 spiro atoms. The van der Waals surface area contributed by atoms with Crippen LogP contribution in [0.1, 0.15) is 43.8 Å². The predicted molar refractivity (Wildman–Crippen MR) is 50.3 cm³/mol. The van der Waals surface area contributed by atoms with E-state index in [4.69, 9.17) is 5.73 Å². The van der Waals surface area contributed by atoms with Crippen LogP contribution in [0.4, 0.5) is 0 Å². The summed E-state index contributed by atoms with van der Waals surface area (Å²) in [5.41, 5.74) is 5.84. The van der Waals surface area contributed by atoms with Gasteiger partial charge in [0.25, 0.3) is 0 Å². The van der Waals surface area contributed by atoms with E-state index < -0.39 is 0 Å². The van der Waals surface area contributed by atoms with Crippen molar-refractivity contribution in [2.75, 3.05) is 0 Å². The van der Waals surface area contributed by atoms with Crippen molar-refractivity contribution < 1.29 is 0 Å². The number of aromatic nitrogens is 3. The first-order valence-electron chi connectivity index (χ1n) is 4.96. The molecule has 72 valence electrons. The summed E-state index contributed by atoms with van der Waals surface area (Å²) in [7, 11) is 0. The Kier molecular flexibility index (Phi) is 2.31. The van der Waals surface area contributed by atoms with Crippen molar-refractivity contribution in [2.24, 2.45) is 5.73 Å². The third-order valence-corrected chi connectivity index (χ3v) is 2.72. The first-order valence-corrected chi connectivity index (χ1v) is 4.96. The van der Waals surface area contributed by atoms with Crippen LogP contribution < -0.4 is 5.73 Å². The Bertz CT molecular complexity index is 281. The predicted octanol–water partition coefficient (Wildman–Crippen LogP) is 0.962. The average Bonchev–Trinajstić information content (AvgIpc) is 2.71. The van der Waals surface area contributed by atoms with Crippen LogP contribution in [0.2, 0.25) is 0 Å². The molecule has 0 radical (unpaired) electrons. The summed E-state index contributed by atoms with van der Waals surface area (Å²) in [6.07, 6.45) is 4.22. The quantitative estimate of drug-likeness (QED) is 0.712. The first-order chi connectivity index (χ1) is 6.29. The molecule has 0 saturated heterocycles. The van der Waals surface area contributed by atoms with E-state index in [9.17, 15) is 0 Å². The number of aryl methyl sites for hydroxylation is 1. The van der Waals surface area contributed by atoms with Gasteiger partial charge >= 0.3 is 0 Å². The molecule has 1 aromatic rings. The second-order valence-corrected chi connectivity index (χ2v) is 3.76. The first kappa shape index (κ1) is 8.69. The van der Waals surface area contributed by atoms with Crippen molar-refractivity contribution in [3.63, 3.8) is 0 Å².